The molecule has 0 fully saturated rings. The van der Waals surface area contributed by atoms with E-state index in [1.54, 1.807) is 24.8 Å². The average molecular weight is 472 g/mol. The molecule has 1 amide bonds. The normalized spacial score (nSPS) is 15.1. The monoisotopic (exact) mass is 471 g/mol. The number of carbonyl (C=O) groups is 1. The Morgan fingerprint density at radius 2 is 1.94 bits per heavy atom. The second-order valence-corrected chi connectivity index (χ2v) is 8.64. The molecule has 3 aromatic rings. The fraction of sp³-hybridized carbons (Fsp3) is 0.261. The van der Waals surface area contributed by atoms with Gasteiger partial charge in [-0.1, -0.05) is 53.7 Å². The van der Waals surface area contributed by atoms with Gasteiger partial charge in [-0.3, -0.25) is 9.59 Å². The van der Waals surface area contributed by atoms with Crippen molar-refractivity contribution in [3.05, 3.63) is 74.5 Å². The van der Waals surface area contributed by atoms with Crippen LogP contribution in [0.15, 0.2) is 52.4 Å². The number of aromatic nitrogens is 2. The summed E-state index contributed by atoms with van der Waals surface area (Å²) >= 11 is 7.64. The lowest BCUT2D eigenvalue weighted by molar-refractivity contribution is -0.116. The van der Waals surface area contributed by atoms with Gasteiger partial charge in [0.05, 0.1) is 19.8 Å². The molecule has 9 heteroatoms. The van der Waals surface area contributed by atoms with Crippen LogP contribution in [0, 0.1) is 0 Å². The number of anilines is 1. The summed E-state index contributed by atoms with van der Waals surface area (Å²) in [5.41, 5.74) is 1.70. The minimum atomic E-state index is -0.502. The van der Waals surface area contributed by atoms with Crippen LogP contribution in [0.3, 0.4) is 0 Å². The first kappa shape index (κ1) is 22.2. The smallest absolute Gasteiger partial charge is 0.279 e. The van der Waals surface area contributed by atoms with Gasteiger partial charge in [-0.25, -0.2) is 0 Å². The highest BCUT2D eigenvalue weighted by molar-refractivity contribution is 7.98. The first-order valence-electron chi connectivity index (χ1n) is 9.92. The van der Waals surface area contributed by atoms with Crippen molar-refractivity contribution < 1.29 is 14.3 Å². The van der Waals surface area contributed by atoms with Gasteiger partial charge in [0, 0.05) is 35.7 Å². The standard InChI is InChI=1S/C23H22ClN3O4S/c1-27-21-19(22(29)26-23(27)32-12-13-7-4-5-9-16(13)24)15(11-18(28)25-21)14-8-6-10-17(30-2)20(14)31-3/h4-10,15H,11-12H2,1-3H3,(H,25,28). The summed E-state index contributed by atoms with van der Waals surface area (Å²) in [5.74, 6) is 1.33. The first-order valence-corrected chi connectivity index (χ1v) is 11.3. The number of nitrogens with one attached hydrogen (secondary N) is 1. The van der Waals surface area contributed by atoms with E-state index < -0.39 is 5.92 Å². The van der Waals surface area contributed by atoms with E-state index in [2.05, 4.69) is 10.3 Å². The summed E-state index contributed by atoms with van der Waals surface area (Å²) in [7, 11) is 4.87. The average Bonchev–Trinajstić information content (AvgIpc) is 2.80. The molecule has 0 bridgehead atoms. The highest BCUT2D eigenvalue weighted by Crippen LogP contribution is 2.43. The van der Waals surface area contributed by atoms with E-state index >= 15 is 0 Å². The highest BCUT2D eigenvalue weighted by Gasteiger charge is 2.34. The maximum atomic E-state index is 13.2. The van der Waals surface area contributed by atoms with Crippen LogP contribution in [0.2, 0.25) is 5.02 Å². The number of nitrogens with zero attached hydrogens (tertiary/aromatic N) is 2. The van der Waals surface area contributed by atoms with Crippen LogP contribution in [0.4, 0.5) is 5.82 Å². The molecule has 2 aromatic carbocycles. The van der Waals surface area contributed by atoms with Crippen molar-refractivity contribution >= 4 is 35.1 Å². The fourth-order valence-corrected chi connectivity index (χ4v) is 5.12. The Labute approximate surface area is 194 Å². The zero-order valence-corrected chi connectivity index (χ0v) is 19.4. The van der Waals surface area contributed by atoms with Gasteiger partial charge in [0.25, 0.3) is 5.56 Å². The number of benzene rings is 2. The van der Waals surface area contributed by atoms with Crippen LogP contribution in [0.5, 0.6) is 11.5 Å². The van der Waals surface area contributed by atoms with E-state index in [1.165, 1.54) is 18.9 Å². The molecule has 7 nitrogen and oxygen atoms in total. The Morgan fingerprint density at radius 3 is 2.66 bits per heavy atom. The number of fused-ring (bicyclic) bond motifs is 1. The van der Waals surface area contributed by atoms with Crippen molar-refractivity contribution in [2.75, 3.05) is 19.5 Å². The molecular formula is C23H22ClN3O4S. The molecule has 1 unspecified atom stereocenters. The van der Waals surface area contributed by atoms with E-state index in [1.807, 2.05) is 36.4 Å². The molecule has 1 aliphatic heterocycles. The Kier molecular flexibility index (Phi) is 6.43. The van der Waals surface area contributed by atoms with Crippen LogP contribution in [-0.2, 0) is 17.6 Å². The van der Waals surface area contributed by atoms with E-state index in [4.69, 9.17) is 21.1 Å². The quantitative estimate of drug-likeness (QED) is 0.428. The van der Waals surface area contributed by atoms with E-state index in [9.17, 15) is 9.59 Å². The number of hydrogen-bond donors (Lipinski definition) is 1. The summed E-state index contributed by atoms with van der Waals surface area (Å²) < 4.78 is 12.7. The van der Waals surface area contributed by atoms with Gasteiger partial charge in [0.2, 0.25) is 5.91 Å². The number of halogens is 1. The van der Waals surface area contributed by atoms with Crippen LogP contribution in [0.25, 0.3) is 0 Å². The summed E-state index contributed by atoms with van der Waals surface area (Å²) in [6, 6.07) is 13.0. The number of rotatable bonds is 6. The second-order valence-electron chi connectivity index (χ2n) is 7.29. The lowest BCUT2D eigenvalue weighted by Gasteiger charge is -2.28. The van der Waals surface area contributed by atoms with E-state index in [-0.39, 0.29) is 17.9 Å². The third-order valence-electron chi connectivity index (χ3n) is 5.42. The van der Waals surface area contributed by atoms with E-state index in [0.717, 1.165) is 5.56 Å². The number of amides is 1. The summed E-state index contributed by atoms with van der Waals surface area (Å²) in [6.45, 7) is 0. The van der Waals surface area contributed by atoms with Crippen LogP contribution >= 0.6 is 23.4 Å². The summed E-state index contributed by atoms with van der Waals surface area (Å²) in [4.78, 5) is 30.1. The Morgan fingerprint density at radius 1 is 1.16 bits per heavy atom. The summed E-state index contributed by atoms with van der Waals surface area (Å²) in [6.07, 6.45) is 0.111. The third-order valence-corrected chi connectivity index (χ3v) is 6.87. The SMILES string of the molecule is COc1cccc(C2CC(=O)Nc3c2c(=O)nc(SCc2ccccc2Cl)n3C)c1OC. The maximum Gasteiger partial charge on any atom is 0.279 e. The largest absolute Gasteiger partial charge is 0.493 e. The summed E-state index contributed by atoms with van der Waals surface area (Å²) in [5, 5.41) is 4.00. The minimum Gasteiger partial charge on any atom is -0.493 e. The van der Waals surface area contributed by atoms with E-state index in [0.29, 0.717) is 44.4 Å². The molecule has 1 N–H and O–H groups in total. The van der Waals surface area contributed by atoms with Gasteiger partial charge < -0.3 is 19.4 Å². The second kappa shape index (κ2) is 9.26. The first-order chi connectivity index (χ1) is 15.4. The van der Waals surface area contributed by atoms with Crippen molar-refractivity contribution in [2.45, 2.75) is 23.2 Å². The predicted octanol–water partition coefficient (Wildman–Crippen LogP) is 4.22. The highest BCUT2D eigenvalue weighted by atomic mass is 35.5. The Hall–Kier alpha value is -2.97. The number of hydrogen-bond acceptors (Lipinski definition) is 6. The lowest BCUT2D eigenvalue weighted by atomic mass is 9.86. The fourth-order valence-electron chi connectivity index (χ4n) is 3.87. The molecular weight excluding hydrogens is 450 g/mol. The lowest BCUT2D eigenvalue weighted by Crippen LogP contribution is -2.33. The molecule has 166 valence electrons. The molecule has 1 aliphatic rings. The van der Waals surface area contributed by atoms with Crippen molar-refractivity contribution in [1.82, 2.24) is 9.55 Å². The number of ether oxygens (including phenoxy) is 2. The number of carbonyl (C=O) groups excluding carboxylic acids is 1. The van der Waals surface area contributed by atoms with Crippen molar-refractivity contribution in [3.63, 3.8) is 0 Å². The minimum absolute atomic E-state index is 0.111. The zero-order chi connectivity index (χ0) is 22.8. The topological polar surface area (TPSA) is 82.5 Å². The molecule has 1 atom stereocenters. The van der Waals surface area contributed by atoms with Gasteiger partial charge >= 0.3 is 0 Å². The Bertz CT molecular complexity index is 1240. The molecule has 32 heavy (non-hydrogen) atoms. The van der Waals surface area contributed by atoms with Gasteiger partial charge in [0.15, 0.2) is 16.7 Å². The van der Waals surface area contributed by atoms with Crippen molar-refractivity contribution in [3.8, 4) is 11.5 Å². The molecule has 1 aromatic heterocycles. The zero-order valence-electron chi connectivity index (χ0n) is 17.8. The van der Waals surface area contributed by atoms with Gasteiger partial charge in [-0.15, -0.1) is 0 Å². The predicted molar refractivity (Wildman–Crippen MR) is 125 cm³/mol. The van der Waals surface area contributed by atoms with Crippen molar-refractivity contribution in [2.24, 2.45) is 7.05 Å². The molecule has 0 radical (unpaired) electrons. The molecule has 2 heterocycles. The molecule has 0 saturated carbocycles. The molecule has 0 aliphatic carbocycles. The number of thioether (sulfide) groups is 1. The molecule has 0 spiro atoms. The third kappa shape index (κ3) is 4.08. The van der Waals surface area contributed by atoms with Crippen molar-refractivity contribution in [1.29, 1.82) is 0 Å². The number of para-hydroxylation sites is 1. The molecule has 0 saturated heterocycles. The number of methoxy groups -OCH3 is 2. The van der Waals surface area contributed by atoms with Crippen LogP contribution < -0.4 is 20.3 Å². The van der Waals surface area contributed by atoms with Gasteiger partial charge in [-0.2, -0.15) is 4.98 Å². The van der Waals surface area contributed by atoms with Crippen LogP contribution in [0.1, 0.15) is 29.0 Å². The van der Waals surface area contributed by atoms with Gasteiger partial charge in [0.1, 0.15) is 5.82 Å². The Balaban J connectivity index is 1.77. The molecule has 4 rings (SSSR count). The van der Waals surface area contributed by atoms with Gasteiger partial charge in [-0.05, 0) is 17.7 Å². The van der Waals surface area contributed by atoms with Crippen LogP contribution in [-0.4, -0.2) is 29.7 Å². The maximum absolute atomic E-state index is 13.2.